The van der Waals surface area contributed by atoms with Gasteiger partial charge in [-0.2, -0.15) is 0 Å². The molecular weight excluding hydrogens is 231 g/mol. The van der Waals surface area contributed by atoms with Crippen LogP contribution < -0.4 is 0 Å². The van der Waals surface area contributed by atoms with Gasteiger partial charge in [0.2, 0.25) is 0 Å². The second kappa shape index (κ2) is 10.7. The van der Waals surface area contributed by atoms with Crippen LogP contribution >= 0.6 is 8.03 Å². The SMILES string of the molecule is CCCCO[P+](=O)C/C=C(\C)CCC=C(C)C. The zero-order valence-corrected chi connectivity index (χ0v) is 12.6. The molecular formula is C14H26O2P+. The summed E-state index contributed by atoms with van der Waals surface area (Å²) in [6.07, 6.45) is 9.02. The molecule has 0 bridgehead atoms. The molecule has 0 aromatic carbocycles. The molecule has 0 heterocycles. The Morgan fingerprint density at radius 1 is 1.24 bits per heavy atom. The van der Waals surface area contributed by atoms with Gasteiger partial charge in [-0.25, -0.2) is 0 Å². The summed E-state index contributed by atoms with van der Waals surface area (Å²) in [6.45, 7) is 9.03. The molecule has 0 amide bonds. The fourth-order valence-electron chi connectivity index (χ4n) is 1.28. The lowest BCUT2D eigenvalue weighted by molar-refractivity contribution is 0.322. The van der Waals surface area contributed by atoms with E-state index in [0.29, 0.717) is 12.8 Å². The highest BCUT2D eigenvalue weighted by Crippen LogP contribution is 2.23. The maximum atomic E-state index is 11.5. The maximum Gasteiger partial charge on any atom is 0.512 e. The number of allylic oxidation sites excluding steroid dienone is 4. The Bertz CT molecular complexity index is 276. The van der Waals surface area contributed by atoms with Gasteiger partial charge in [-0.3, -0.25) is 0 Å². The lowest BCUT2D eigenvalue weighted by atomic mass is 10.1. The first-order valence-corrected chi connectivity index (χ1v) is 7.79. The van der Waals surface area contributed by atoms with Crippen LogP contribution in [0, 0.1) is 0 Å². The van der Waals surface area contributed by atoms with E-state index in [2.05, 4.69) is 33.8 Å². The van der Waals surface area contributed by atoms with Crippen molar-refractivity contribution in [3.8, 4) is 0 Å². The van der Waals surface area contributed by atoms with Crippen LogP contribution in [0.1, 0.15) is 53.4 Å². The van der Waals surface area contributed by atoms with E-state index in [1.54, 1.807) is 0 Å². The third kappa shape index (κ3) is 11.8. The van der Waals surface area contributed by atoms with Crippen molar-refractivity contribution in [2.24, 2.45) is 0 Å². The minimum Gasteiger partial charge on any atom is -0.146 e. The van der Waals surface area contributed by atoms with E-state index in [0.717, 1.165) is 25.7 Å². The van der Waals surface area contributed by atoms with Crippen molar-refractivity contribution >= 4 is 8.03 Å². The van der Waals surface area contributed by atoms with Gasteiger partial charge in [-0.05, 0) is 50.7 Å². The summed E-state index contributed by atoms with van der Waals surface area (Å²) in [5.74, 6) is 0. The molecule has 0 aliphatic carbocycles. The smallest absolute Gasteiger partial charge is 0.146 e. The first-order valence-electron chi connectivity index (χ1n) is 6.42. The largest absolute Gasteiger partial charge is 0.512 e. The van der Waals surface area contributed by atoms with Crippen molar-refractivity contribution in [1.29, 1.82) is 0 Å². The monoisotopic (exact) mass is 257 g/mol. The summed E-state index contributed by atoms with van der Waals surface area (Å²) >= 11 is 0. The Kier molecular flexibility index (Phi) is 10.4. The average Bonchev–Trinajstić information content (AvgIpc) is 2.26. The van der Waals surface area contributed by atoms with Gasteiger partial charge in [-0.15, -0.1) is 4.52 Å². The standard InChI is InChI=1S/C14H26O2P/c1-5-6-11-16-17(15)12-10-14(4)9-7-8-13(2)3/h8,10H,5-7,9,11-12H2,1-4H3/q+1/b14-10+. The predicted octanol–water partition coefficient (Wildman–Crippen LogP) is 5.24. The molecule has 2 nitrogen and oxygen atoms in total. The Morgan fingerprint density at radius 2 is 1.94 bits per heavy atom. The first kappa shape index (κ1) is 16.5. The van der Waals surface area contributed by atoms with E-state index in [-0.39, 0.29) is 0 Å². The van der Waals surface area contributed by atoms with Gasteiger partial charge in [0.05, 0.1) is 0 Å². The van der Waals surface area contributed by atoms with E-state index in [9.17, 15) is 4.57 Å². The molecule has 0 aromatic heterocycles. The molecule has 0 radical (unpaired) electrons. The highest BCUT2D eigenvalue weighted by Gasteiger charge is 2.13. The second-order valence-electron chi connectivity index (χ2n) is 4.57. The van der Waals surface area contributed by atoms with Crippen molar-refractivity contribution in [3.05, 3.63) is 23.3 Å². The number of unbranched alkanes of at least 4 members (excludes halogenated alkanes) is 1. The van der Waals surface area contributed by atoms with E-state index in [1.165, 1.54) is 11.1 Å². The topological polar surface area (TPSA) is 26.3 Å². The van der Waals surface area contributed by atoms with Crippen molar-refractivity contribution in [2.75, 3.05) is 12.8 Å². The second-order valence-corrected chi connectivity index (χ2v) is 5.86. The third-order valence-corrected chi connectivity index (χ3v) is 3.36. The van der Waals surface area contributed by atoms with E-state index in [1.807, 2.05) is 6.08 Å². The van der Waals surface area contributed by atoms with E-state index in [4.69, 9.17) is 4.52 Å². The summed E-state index contributed by atoms with van der Waals surface area (Å²) in [5, 5.41) is 0. The van der Waals surface area contributed by atoms with Crippen LogP contribution in [0.4, 0.5) is 0 Å². The van der Waals surface area contributed by atoms with Crippen LogP contribution in [0.15, 0.2) is 23.3 Å². The van der Waals surface area contributed by atoms with Crippen LogP contribution in [-0.2, 0) is 9.09 Å². The van der Waals surface area contributed by atoms with Gasteiger partial charge in [0.25, 0.3) is 0 Å². The number of hydrogen-bond donors (Lipinski definition) is 0. The molecule has 0 aliphatic rings. The average molecular weight is 257 g/mol. The van der Waals surface area contributed by atoms with Crippen molar-refractivity contribution in [2.45, 2.75) is 53.4 Å². The molecule has 0 saturated heterocycles. The zero-order valence-electron chi connectivity index (χ0n) is 11.7. The summed E-state index contributed by atoms with van der Waals surface area (Å²) in [5.41, 5.74) is 2.65. The molecule has 0 saturated carbocycles. The van der Waals surface area contributed by atoms with Gasteiger partial charge < -0.3 is 0 Å². The minimum absolute atomic E-state index is 0.555. The lowest BCUT2D eigenvalue weighted by Crippen LogP contribution is -1.87. The van der Waals surface area contributed by atoms with E-state index < -0.39 is 8.03 Å². The molecule has 0 rings (SSSR count). The van der Waals surface area contributed by atoms with Crippen molar-refractivity contribution in [1.82, 2.24) is 0 Å². The summed E-state index contributed by atoms with van der Waals surface area (Å²) in [7, 11) is -1.49. The van der Waals surface area contributed by atoms with Crippen LogP contribution in [0.2, 0.25) is 0 Å². The molecule has 1 unspecified atom stereocenters. The lowest BCUT2D eigenvalue weighted by Gasteiger charge is -1.96. The molecule has 3 heteroatoms. The van der Waals surface area contributed by atoms with Crippen molar-refractivity contribution < 1.29 is 9.09 Å². The number of rotatable bonds is 9. The van der Waals surface area contributed by atoms with Crippen LogP contribution in [0.25, 0.3) is 0 Å². The minimum atomic E-state index is -1.49. The quantitative estimate of drug-likeness (QED) is 0.321. The summed E-state index contributed by atoms with van der Waals surface area (Å²) in [6, 6.07) is 0. The van der Waals surface area contributed by atoms with Gasteiger partial charge in [0.15, 0.2) is 6.16 Å². The Morgan fingerprint density at radius 3 is 2.53 bits per heavy atom. The third-order valence-electron chi connectivity index (χ3n) is 2.41. The molecule has 17 heavy (non-hydrogen) atoms. The molecule has 1 atom stereocenters. The number of hydrogen-bond acceptors (Lipinski definition) is 2. The summed E-state index contributed by atoms with van der Waals surface area (Å²) in [4.78, 5) is 0. The van der Waals surface area contributed by atoms with Crippen LogP contribution in [-0.4, -0.2) is 12.8 Å². The highest BCUT2D eigenvalue weighted by molar-refractivity contribution is 7.39. The Hall–Kier alpha value is -0.460. The van der Waals surface area contributed by atoms with Gasteiger partial charge in [0, 0.05) is 0 Å². The first-order chi connectivity index (χ1) is 8.06. The normalized spacial score (nSPS) is 12.5. The molecule has 98 valence electrons. The fourth-order valence-corrected chi connectivity index (χ4v) is 2.18. The maximum absolute atomic E-state index is 11.5. The molecule has 0 aliphatic heterocycles. The summed E-state index contributed by atoms with van der Waals surface area (Å²) < 4.78 is 16.7. The van der Waals surface area contributed by atoms with Crippen molar-refractivity contribution in [3.63, 3.8) is 0 Å². The molecule has 0 N–H and O–H groups in total. The molecule has 0 fully saturated rings. The predicted molar refractivity (Wildman–Crippen MR) is 75.8 cm³/mol. The van der Waals surface area contributed by atoms with Gasteiger partial charge >= 0.3 is 8.03 Å². The Labute approximate surface area is 107 Å². The highest BCUT2D eigenvalue weighted by atomic mass is 31.1. The molecule has 0 spiro atoms. The van der Waals surface area contributed by atoms with Crippen LogP contribution in [0.5, 0.6) is 0 Å². The van der Waals surface area contributed by atoms with E-state index >= 15 is 0 Å². The fraction of sp³-hybridized carbons (Fsp3) is 0.714. The van der Waals surface area contributed by atoms with Crippen LogP contribution in [0.3, 0.4) is 0 Å². The zero-order chi connectivity index (χ0) is 13.1. The molecule has 0 aromatic rings. The van der Waals surface area contributed by atoms with Gasteiger partial charge in [-0.1, -0.05) is 30.6 Å². The Balaban J connectivity index is 3.74. The van der Waals surface area contributed by atoms with Gasteiger partial charge in [0.1, 0.15) is 6.61 Å².